The SMILES string of the molecule is CC(C)(C)OC(=O)c1ccc(NCc2cncn2Cc2ccc(C#N)cc2)cc1-c1ccccc1. The molecule has 0 spiro atoms. The third-order valence-electron chi connectivity index (χ3n) is 5.43. The third kappa shape index (κ3) is 6.15. The number of imidazole rings is 1. The molecule has 0 saturated heterocycles. The highest BCUT2D eigenvalue weighted by Gasteiger charge is 2.21. The van der Waals surface area contributed by atoms with Crippen LogP contribution >= 0.6 is 0 Å². The Morgan fingerprint density at radius 3 is 2.49 bits per heavy atom. The molecule has 0 aliphatic carbocycles. The molecule has 0 aliphatic heterocycles. The molecular weight excluding hydrogens is 436 g/mol. The van der Waals surface area contributed by atoms with Crippen molar-refractivity contribution >= 4 is 11.7 Å². The fourth-order valence-corrected chi connectivity index (χ4v) is 3.73. The molecule has 0 bridgehead atoms. The number of carbonyl (C=O) groups excluding carboxylic acids is 1. The maximum absolute atomic E-state index is 12.9. The van der Waals surface area contributed by atoms with Gasteiger partial charge in [0.05, 0.1) is 35.8 Å². The van der Waals surface area contributed by atoms with Gasteiger partial charge in [0.15, 0.2) is 0 Å². The Bertz CT molecular complexity index is 1340. The summed E-state index contributed by atoms with van der Waals surface area (Å²) in [6, 6.07) is 25.2. The number of aromatic nitrogens is 2. The lowest BCUT2D eigenvalue weighted by atomic mass is 9.98. The van der Waals surface area contributed by atoms with E-state index < -0.39 is 5.60 Å². The standard InChI is InChI=1S/C29H28N4O2/c1-29(2,3)35-28(34)26-14-13-24(15-27(26)23-7-5-4-6-8-23)32-18-25-17-31-20-33(25)19-22-11-9-21(16-30)10-12-22/h4-15,17,20,32H,18-19H2,1-3H3. The van der Waals surface area contributed by atoms with E-state index in [1.807, 2.05) is 99.8 Å². The number of esters is 1. The number of hydrogen-bond donors (Lipinski definition) is 1. The van der Waals surface area contributed by atoms with Crippen LogP contribution in [0.1, 0.15) is 48.0 Å². The molecule has 176 valence electrons. The highest BCUT2D eigenvalue weighted by atomic mass is 16.6. The number of benzene rings is 3. The Kier molecular flexibility index (Phi) is 6.98. The molecule has 0 unspecified atom stereocenters. The van der Waals surface area contributed by atoms with Gasteiger partial charge in [0.25, 0.3) is 0 Å². The summed E-state index contributed by atoms with van der Waals surface area (Å²) in [6.45, 7) is 6.82. The Labute approximate surface area is 205 Å². The maximum Gasteiger partial charge on any atom is 0.339 e. The van der Waals surface area contributed by atoms with E-state index in [4.69, 9.17) is 10.00 Å². The van der Waals surface area contributed by atoms with Crippen LogP contribution in [0.2, 0.25) is 0 Å². The summed E-state index contributed by atoms with van der Waals surface area (Å²) < 4.78 is 7.71. The van der Waals surface area contributed by atoms with Gasteiger partial charge in [0.1, 0.15) is 5.60 Å². The van der Waals surface area contributed by atoms with Crippen LogP contribution in [-0.4, -0.2) is 21.1 Å². The Morgan fingerprint density at radius 1 is 1.06 bits per heavy atom. The van der Waals surface area contributed by atoms with Gasteiger partial charge in [-0.3, -0.25) is 0 Å². The minimum absolute atomic E-state index is 0.344. The number of nitrogens with zero attached hydrogens (tertiary/aromatic N) is 3. The minimum Gasteiger partial charge on any atom is -0.456 e. The first-order valence-corrected chi connectivity index (χ1v) is 11.5. The number of anilines is 1. The minimum atomic E-state index is -0.574. The van der Waals surface area contributed by atoms with E-state index >= 15 is 0 Å². The molecule has 6 nitrogen and oxygen atoms in total. The topological polar surface area (TPSA) is 79.9 Å². The zero-order valence-corrected chi connectivity index (χ0v) is 20.2. The quantitative estimate of drug-likeness (QED) is 0.337. The molecular formula is C29H28N4O2. The van der Waals surface area contributed by atoms with Crippen LogP contribution in [0.15, 0.2) is 85.3 Å². The molecule has 3 aromatic carbocycles. The first-order valence-electron chi connectivity index (χ1n) is 11.5. The zero-order valence-electron chi connectivity index (χ0n) is 20.2. The molecule has 0 atom stereocenters. The lowest BCUT2D eigenvalue weighted by Crippen LogP contribution is -2.24. The van der Waals surface area contributed by atoms with Crippen LogP contribution in [0.5, 0.6) is 0 Å². The molecule has 0 saturated carbocycles. The average Bonchev–Trinajstić information content (AvgIpc) is 3.29. The highest BCUT2D eigenvalue weighted by molar-refractivity contribution is 5.98. The number of nitrogens with one attached hydrogen (secondary N) is 1. The molecule has 0 aliphatic rings. The largest absolute Gasteiger partial charge is 0.456 e. The summed E-state index contributed by atoms with van der Waals surface area (Å²) in [7, 11) is 0. The lowest BCUT2D eigenvalue weighted by Gasteiger charge is -2.21. The molecule has 1 aromatic heterocycles. The third-order valence-corrected chi connectivity index (χ3v) is 5.43. The first-order chi connectivity index (χ1) is 16.8. The molecule has 4 aromatic rings. The second-order valence-corrected chi connectivity index (χ2v) is 9.30. The van der Waals surface area contributed by atoms with Gasteiger partial charge in [-0.05, 0) is 67.8 Å². The Hall–Kier alpha value is -4.37. The second kappa shape index (κ2) is 10.3. The van der Waals surface area contributed by atoms with E-state index in [1.165, 1.54) is 0 Å². The van der Waals surface area contributed by atoms with Crippen molar-refractivity contribution in [2.45, 2.75) is 39.5 Å². The maximum atomic E-state index is 12.9. The summed E-state index contributed by atoms with van der Waals surface area (Å²) in [4.78, 5) is 17.2. The van der Waals surface area contributed by atoms with E-state index in [2.05, 4.69) is 20.9 Å². The number of rotatable bonds is 7. The van der Waals surface area contributed by atoms with Gasteiger partial charge < -0.3 is 14.6 Å². The monoisotopic (exact) mass is 464 g/mol. The molecule has 0 fully saturated rings. The van der Waals surface area contributed by atoms with Crippen molar-refractivity contribution in [2.75, 3.05) is 5.32 Å². The van der Waals surface area contributed by atoms with Gasteiger partial charge in [-0.25, -0.2) is 9.78 Å². The van der Waals surface area contributed by atoms with E-state index in [1.54, 1.807) is 6.33 Å². The van der Waals surface area contributed by atoms with Crippen molar-refractivity contribution in [2.24, 2.45) is 0 Å². The molecule has 0 amide bonds. The number of ether oxygens (including phenoxy) is 1. The summed E-state index contributed by atoms with van der Waals surface area (Å²) in [5.74, 6) is -0.344. The van der Waals surface area contributed by atoms with Crippen molar-refractivity contribution in [3.8, 4) is 17.2 Å². The van der Waals surface area contributed by atoms with Crippen molar-refractivity contribution in [3.63, 3.8) is 0 Å². The normalized spacial score (nSPS) is 11.0. The lowest BCUT2D eigenvalue weighted by molar-refractivity contribution is 0.00705. The number of hydrogen-bond acceptors (Lipinski definition) is 5. The van der Waals surface area contributed by atoms with Crippen molar-refractivity contribution in [1.29, 1.82) is 5.26 Å². The summed E-state index contributed by atoms with van der Waals surface area (Å²) in [5.41, 5.74) is 5.37. The fraction of sp³-hybridized carbons (Fsp3) is 0.207. The zero-order chi connectivity index (χ0) is 24.8. The van der Waals surface area contributed by atoms with Crippen LogP contribution < -0.4 is 5.32 Å². The Balaban J connectivity index is 1.54. The smallest absolute Gasteiger partial charge is 0.339 e. The summed E-state index contributed by atoms with van der Waals surface area (Å²) in [5, 5.41) is 12.5. The van der Waals surface area contributed by atoms with Crippen LogP contribution in [0, 0.1) is 11.3 Å². The van der Waals surface area contributed by atoms with Gasteiger partial charge in [-0.2, -0.15) is 5.26 Å². The predicted molar refractivity (Wildman–Crippen MR) is 137 cm³/mol. The van der Waals surface area contributed by atoms with E-state index in [9.17, 15) is 4.79 Å². The van der Waals surface area contributed by atoms with Crippen molar-refractivity contribution in [3.05, 3.63) is 108 Å². The molecule has 35 heavy (non-hydrogen) atoms. The van der Waals surface area contributed by atoms with E-state index in [-0.39, 0.29) is 5.97 Å². The van der Waals surface area contributed by atoms with Crippen LogP contribution in [0.3, 0.4) is 0 Å². The van der Waals surface area contributed by atoms with Crippen LogP contribution in [0.4, 0.5) is 5.69 Å². The van der Waals surface area contributed by atoms with E-state index in [0.29, 0.717) is 24.2 Å². The van der Waals surface area contributed by atoms with Crippen molar-refractivity contribution < 1.29 is 9.53 Å². The highest BCUT2D eigenvalue weighted by Crippen LogP contribution is 2.29. The molecule has 0 radical (unpaired) electrons. The predicted octanol–water partition coefficient (Wildman–Crippen LogP) is 6.04. The average molecular weight is 465 g/mol. The molecule has 4 rings (SSSR count). The number of carbonyl (C=O) groups is 1. The fourth-order valence-electron chi connectivity index (χ4n) is 3.73. The molecule has 6 heteroatoms. The molecule has 1 heterocycles. The van der Waals surface area contributed by atoms with E-state index in [0.717, 1.165) is 28.1 Å². The summed E-state index contributed by atoms with van der Waals surface area (Å²) >= 11 is 0. The Morgan fingerprint density at radius 2 is 1.80 bits per heavy atom. The van der Waals surface area contributed by atoms with Gasteiger partial charge in [-0.1, -0.05) is 42.5 Å². The van der Waals surface area contributed by atoms with Gasteiger partial charge >= 0.3 is 5.97 Å². The second-order valence-electron chi connectivity index (χ2n) is 9.30. The van der Waals surface area contributed by atoms with Crippen molar-refractivity contribution in [1.82, 2.24) is 9.55 Å². The molecule has 1 N–H and O–H groups in total. The number of nitriles is 1. The van der Waals surface area contributed by atoms with Gasteiger partial charge in [-0.15, -0.1) is 0 Å². The van der Waals surface area contributed by atoms with Gasteiger partial charge in [0.2, 0.25) is 0 Å². The van der Waals surface area contributed by atoms with Gasteiger partial charge in [0, 0.05) is 18.4 Å². The summed E-state index contributed by atoms with van der Waals surface area (Å²) in [6.07, 6.45) is 3.64. The van der Waals surface area contributed by atoms with Crippen LogP contribution in [-0.2, 0) is 17.8 Å². The first kappa shape index (κ1) is 23.8. The van der Waals surface area contributed by atoms with Crippen LogP contribution in [0.25, 0.3) is 11.1 Å².